The molecule has 0 aliphatic heterocycles. The first kappa shape index (κ1) is 21.0. The summed E-state index contributed by atoms with van der Waals surface area (Å²) in [5.41, 5.74) is 3.65. The third-order valence-electron chi connectivity index (χ3n) is 5.41. The Hall–Kier alpha value is -3.26. The van der Waals surface area contributed by atoms with E-state index < -0.39 is 0 Å². The Morgan fingerprint density at radius 2 is 1.97 bits per heavy atom. The van der Waals surface area contributed by atoms with Crippen LogP contribution in [0.15, 0.2) is 43.0 Å². The number of aromatic nitrogens is 3. The number of anilines is 1. The van der Waals surface area contributed by atoms with Crippen molar-refractivity contribution in [2.45, 2.75) is 39.2 Å². The summed E-state index contributed by atoms with van der Waals surface area (Å²) in [5, 5.41) is 14.6. The first-order valence-electron chi connectivity index (χ1n) is 10.4. The molecule has 0 saturated heterocycles. The molecule has 160 valence electrons. The fourth-order valence-corrected chi connectivity index (χ4v) is 5.07. The molecule has 0 unspecified atom stereocenters. The average molecular weight is 436 g/mol. The first-order valence-corrected chi connectivity index (χ1v) is 11.2. The van der Waals surface area contributed by atoms with Crippen LogP contribution in [-0.2, 0) is 19.4 Å². The van der Waals surface area contributed by atoms with Gasteiger partial charge >= 0.3 is 0 Å². The molecule has 2 aromatic heterocycles. The summed E-state index contributed by atoms with van der Waals surface area (Å²) in [6.07, 6.45) is 5.57. The van der Waals surface area contributed by atoms with Gasteiger partial charge in [-0.25, -0.2) is 4.68 Å². The number of carbonyl (C=O) groups excluding carboxylic acids is 2. The van der Waals surface area contributed by atoms with Crippen molar-refractivity contribution in [3.8, 4) is 0 Å². The molecule has 0 spiro atoms. The van der Waals surface area contributed by atoms with Crippen LogP contribution in [0.5, 0.6) is 0 Å². The van der Waals surface area contributed by atoms with Gasteiger partial charge in [-0.05, 0) is 43.7 Å². The van der Waals surface area contributed by atoms with E-state index in [9.17, 15) is 9.59 Å². The fraction of sp³-hybridized carbons (Fsp3) is 0.304. The zero-order chi connectivity index (χ0) is 21.8. The average Bonchev–Trinajstić information content (AvgIpc) is 3.32. The number of carbonyl (C=O) groups is 2. The summed E-state index contributed by atoms with van der Waals surface area (Å²) in [4.78, 5) is 27.0. The minimum atomic E-state index is -0.354. The van der Waals surface area contributed by atoms with E-state index >= 15 is 0 Å². The number of nitrogens with one attached hydrogen (secondary N) is 2. The van der Waals surface area contributed by atoms with Gasteiger partial charge in [-0.1, -0.05) is 41.6 Å². The molecule has 0 radical (unpaired) electrons. The Balaban J connectivity index is 1.58. The second-order valence-corrected chi connectivity index (χ2v) is 8.64. The van der Waals surface area contributed by atoms with E-state index in [-0.39, 0.29) is 17.5 Å². The van der Waals surface area contributed by atoms with Crippen LogP contribution in [-0.4, -0.2) is 33.4 Å². The van der Waals surface area contributed by atoms with E-state index in [2.05, 4.69) is 27.5 Å². The van der Waals surface area contributed by atoms with Gasteiger partial charge in [-0.3, -0.25) is 9.59 Å². The topological polar surface area (TPSA) is 88.9 Å². The summed E-state index contributed by atoms with van der Waals surface area (Å²) in [6.45, 7) is 6.40. The lowest BCUT2D eigenvalue weighted by atomic mass is 9.95. The van der Waals surface area contributed by atoms with E-state index in [1.54, 1.807) is 10.8 Å². The number of benzene rings is 1. The van der Waals surface area contributed by atoms with Crippen LogP contribution < -0.4 is 10.6 Å². The number of hydrogen-bond donors (Lipinski definition) is 2. The molecule has 8 heteroatoms. The van der Waals surface area contributed by atoms with E-state index in [0.717, 1.165) is 36.8 Å². The van der Waals surface area contributed by atoms with E-state index in [1.165, 1.54) is 16.2 Å². The van der Waals surface area contributed by atoms with Crippen molar-refractivity contribution in [1.82, 2.24) is 20.3 Å². The van der Waals surface area contributed by atoms with Gasteiger partial charge in [-0.15, -0.1) is 23.0 Å². The molecular formula is C23H25N5O2S. The van der Waals surface area contributed by atoms with E-state index in [1.807, 2.05) is 37.3 Å². The van der Waals surface area contributed by atoms with Gasteiger partial charge in [-0.2, -0.15) is 0 Å². The molecule has 2 amide bonds. The highest BCUT2D eigenvalue weighted by Gasteiger charge is 2.27. The monoisotopic (exact) mass is 435 g/mol. The molecule has 0 fully saturated rings. The number of amides is 2. The van der Waals surface area contributed by atoms with Gasteiger partial charge in [0.2, 0.25) is 0 Å². The Labute approximate surface area is 185 Å². The highest BCUT2D eigenvalue weighted by atomic mass is 32.1. The summed E-state index contributed by atoms with van der Waals surface area (Å²) < 4.78 is 1.71. The second kappa shape index (κ2) is 9.26. The molecular weight excluding hydrogens is 410 g/mol. The normalized spacial score (nSPS) is 12.8. The summed E-state index contributed by atoms with van der Waals surface area (Å²) in [5.74, 6) is -0.535. The standard InChI is InChI=1S/C23H25N5O2S/c1-3-13-24-21(29)19-17-11-7-8-12-18(17)31-23(19)25-22(30)20-15(2)28(27-26-20)14-16-9-5-4-6-10-16/h3-6,9-10H,1,7-8,11-14H2,2H3,(H,24,29)(H,25,30). The molecule has 0 bridgehead atoms. The number of fused-ring (bicyclic) bond motifs is 1. The zero-order valence-electron chi connectivity index (χ0n) is 17.5. The molecule has 3 aromatic rings. The molecule has 31 heavy (non-hydrogen) atoms. The van der Waals surface area contributed by atoms with Crippen molar-refractivity contribution < 1.29 is 9.59 Å². The third-order valence-corrected chi connectivity index (χ3v) is 6.61. The minimum Gasteiger partial charge on any atom is -0.348 e. The maximum Gasteiger partial charge on any atom is 0.278 e. The Morgan fingerprint density at radius 1 is 1.19 bits per heavy atom. The number of thiophene rings is 1. The van der Waals surface area contributed by atoms with Crippen molar-refractivity contribution in [2.24, 2.45) is 0 Å². The first-order chi connectivity index (χ1) is 15.1. The largest absolute Gasteiger partial charge is 0.348 e. The number of nitrogens with zero attached hydrogens (tertiary/aromatic N) is 3. The van der Waals surface area contributed by atoms with Crippen LogP contribution in [0.25, 0.3) is 0 Å². The van der Waals surface area contributed by atoms with Crippen LogP contribution in [0.3, 0.4) is 0 Å². The molecule has 1 aliphatic carbocycles. The molecule has 0 saturated carbocycles. The van der Waals surface area contributed by atoms with Crippen LogP contribution in [0.4, 0.5) is 5.00 Å². The molecule has 4 rings (SSSR count). The Kier molecular flexibility index (Phi) is 6.27. The quantitative estimate of drug-likeness (QED) is 0.553. The van der Waals surface area contributed by atoms with Crippen LogP contribution in [0.2, 0.25) is 0 Å². The van der Waals surface area contributed by atoms with Crippen LogP contribution in [0, 0.1) is 6.92 Å². The maximum atomic E-state index is 13.0. The fourth-order valence-electron chi connectivity index (χ4n) is 3.79. The molecule has 7 nitrogen and oxygen atoms in total. The molecule has 2 heterocycles. The highest BCUT2D eigenvalue weighted by Crippen LogP contribution is 2.38. The number of hydrogen-bond acceptors (Lipinski definition) is 5. The van der Waals surface area contributed by atoms with Crippen molar-refractivity contribution in [1.29, 1.82) is 0 Å². The summed E-state index contributed by atoms with van der Waals surface area (Å²) in [6, 6.07) is 9.90. The van der Waals surface area contributed by atoms with Crippen LogP contribution >= 0.6 is 11.3 Å². The SMILES string of the molecule is C=CCNC(=O)c1c(NC(=O)c2nnn(Cc3ccccc3)c2C)sc2c1CCCC2. The smallest absolute Gasteiger partial charge is 0.278 e. The van der Waals surface area contributed by atoms with Crippen molar-refractivity contribution in [3.63, 3.8) is 0 Å². The predicted octanol–water partition coefficient (Wildman–Crippen LogP) is 3.74. The Morgan fingerprint density at radius 3 is 2.74 bits per heavy atom. The van der Waals surface area contributed by atoms with Crippen molar-refractivity contribution >= 4 is 28.2 Å². The number of rotatable bonds is 7. The van der Waals surface area contributed by atoms with Gasteiger partial charge < -0.3 is 10.6 Å². The highest BCUT2D eigenvalue weighted by molar-refractivity contribution is 7.17. The van der Waals surface area contributed by atoms with E-state index in [0.29, 0.717) is 29.3 Å². The molecule has 1 aromatic carbocycles. The lowest BCUT2D eigenvalue weighted by Crippen LogP contribution is -2.26. The van der Waals surface area contributed by atoms with Gasteiger partial charge in [0.15, 0.2) is 5.69 Å². The van der Waals surface area contributed by atoms with Gasteiger partial charge in [0.05, 0.1) is 17.8 Å². The maximum absolute atomic E-state index is 13.0. The van der Waals surface area contributed by atoms with Crippen molar-refractivity contribution in [2.75, 3.05) is 11.9 Å². The lowest BCUT2D eigenvalue weighted by Gasteiger charge is -2.12. The lowest BCUT2D eigenvalue weighted by molar-refractivity contribution is 0.0958. The van der Waals surface area contributed by atoms with Crippen molar-refractivity contribution in [3.05, 3.63) is 75.9 Å². The predicted molar refractivity (Wildman–Crippen MR) is 122 cm³/mol. The van der Waals surface area contributed by atoms with Gasteiger partial charge in [0.1, 0.15) is 5.00 Å². The van der Waals surface area contributed by atoms with Gasteiger partial charge in [0, 0.05) is 11.4 Å². The minimum absolute atomic E-state index is 0.181. The molecule has 2 N–H and O–H groups in total. The second-order valence-electron chi connectivity index (χ2n) is 7.53. The molecule has 0 atom stereocenters. The summed E-state index contributed by atoms with van der Waals surface area (Å²) in [7, 11) is 0. The van der Waals surface area contributed by atoms with Gasteiger partial charge in [0.25, 0.3) is 11.8 Å². The van der Waals surface area contributed by atoms with E-state index in [4.69, 9.17) is 0 Å². The number of aryl methyl sites for hydroxylation is 1. The zero-order valence-corrected chi connectivity index (χ0v) is 18.3. The van der Waals surface area contributed by atoms with Crippen LogP contribution in [0.1, 0.15) is 55.4 Å². The summed E-state index contributed by atoms with van der Waals surface area (Å²) >= 11 is 1.49. The molecule has 1 aliphatic rings. The Bertz CT molecular complexity index is 1120. The third kappa shape index (κ3) is 4.44.